The predicted molar refractivity (Wildman–Crippen MR) is 110 cm³/mol. The number of methoxy groups -OCH3 is 1. The zero-order chi connectivity index (χ0) is 20.1. The zero-order valence-corrected chi connectivity index (χ0v) is 17.9. The summed E-state index contributed by atoms with van der Waals surface area (Å²) in [4.78, 5) is 6.48. The molecule has 1 fully saturated rings. The largest absolute Gasteiger partial charge is 0.383 e. The molecule has 154 valence electrons. The number of rotatable bonds is 11. The van der Waals surface area contributed by atoms with E-state index in [-0.39, 0.29) is 10.9 Å². The van der Waals surface area contributed by atoms with Gasteiger partial charge in [0.2, 0.25) is 15.0 Å². The zero-order valence-electron chi connectivity index (χ0n) is 17.1. The SMILES string of the molecule is CCc1ccc(CN(C)Cc2cnc(S(=O)(=O)CC3CC3)n2CCOC)cc1. The molecular weight excluding hydrogens is 374 g/mol. The summed E-state index contributed by atoms with van der Waals surface area (Å²) in [6.07, 6.45) is 4.74. The molecule has 1 saturated carbocycles. The van der Waals surface area contributed by atoms with Gasteiger partial charge in [0.1, 0.15) is 0 Å². The molecule has 0 atom stereocenters. The minimum Gasteiger partial charge on any atom is -0.383 e. The summed E-state index contributed by atoms with van der Waals surface area (Å²) in [5.74, 6) is 0.505. The normalized spacial score (nSPS) is 14.7. The topological polar surface area (TPSA) is 64.4 Å². The monoisotopic (exact) mass is 405 g/mol. The van der Waals surface area contributed by atoms with Crippen molar-refractivity contribution in [3.63, 3.8) is 0 Å². The van der Waals surface area contributed by atoms with Crippen molar-refractivity contribution in [3.05, 3.63) is 47.3 Å². The first kappa shape index (κ1) is 21.0. The molecule has 0 spiro atoms. The lowest BCUT2D eigenvalue weighted by atomic mass is 10.1. The number of imidazole rings is 1. The maximum Gasteiger partial charge on any atom is 0.227 e. The van der Waals surface area contributed by atoms with Crippen LogP contribution in [0.4, 0.5) is 0 Å². The molecule has 0 radical (unpaired) electrons. The molecule has 28 heavy (non-hydrogen) atoms. The van der Waals surface area contributed by atoms with E-state index < -0.39 is 9.84 Å². The molecule has 1 heterocycles. The van der Waals surface area contributed by atoms with E-state index in [1.165, 1.54) is 11.1 Å². The van der Waals surface area contributed by atoms with Crippen LogP contribution in [0.2, 0.25) is 0 Å². The van der Waals surface area contributed by atoms with E-state index in [0.29, 0.717) is 25.6 Å². The third-order valence-electron chi connectivity index (χ3n) is 5.17. The summed E-state index contributed by atoms with van der Waals surface area (Å²) in [5, 5.41) is 0.187. The van der Waals surface area contributed by atoms with Crippen LogP contribution in [0.15, 0.2) is 35.6 Å². The molecule has 1 aliphatic carbocycles. The number of benzene rings is 1. The average Bonchev–Trinajstić information content (AvgIpc) is 3.37. The van der Waals surface area contributed by atoms with Gasteiger partial charge in [-0.2, -0.15) is 0 Å². The molecule has 3 rings (SSSR count). The Bertz CT molecular complexity index is 871. The van der Waals surface area contributed by atoms with Crippen molar-refractivity contribution >= 4 is 9.84 Å². The lowest BCUT2D eigenvalue weighted by Crippen LogP contribution is -2.22. The Morgan fingerprint density at radius 1 is 1.18 bits per heavy atom. The lowest BCUT2D eigenvalue weighted by molar-refractivity contribution is 0.182. The van der Waals surface area contributed by atoms with Gasteiger partial charge in [0.05, 0.1) is 24.3 Å². The van der Waals surface area contributed by atoms with Crippen molar-refractivity contribution in [2.75, 3.05) is 26.5 Å². The second-order valence-electron chi connectivity index (χ2n) is 7.74. The van der Waals surface area contributed by atoms with E-state index in [1.807, 2.05) is 11.6 Å². The standard InChI is InChI=1S/C21H31N3O3S/c1-4-17-5-7-18(8-6-17)14-23(2)15-20-13-22-21(24(20)11-12-27-3)28(25,26)16-19-9-10-19/h5-8,13,19H,4,9-12,14-16H2,1-3H3. The molecule has 0 amide bonds. The maximum absolute atomic E-state index is 12.8. The average molecular weight is 406 g/mol. The van der Waals surface area contributed by atoms with Crippen LogP contribution in [0.3, 0.4) is 0 Å². The van der Waals surface area contributed by atoms with Crippen LogP contribution in [0.5, 0.6) is 0 Å². The molecule has 2 aromatic rings. The third-order valence-corrected chi connectivity index (χ3v) is 6.96. The summed E-state index contributed by atoms with van der Waals surface area (Å²) in [6, 6.07) is 8.63. The molecule has 7 heteroatoms. The van der Waals surface area contributed by atoms with Gasteiger partial charge in [-0.1, -0.05) is 31.2 Å². The highest BCUT2D eigenvalue weighted by Crippen LogP contribution is 2.32. The van der Waals surface area contributed by atoms with Crippen LogP contribution in [0, 0.1) is 5.92 Å². The quantitative estimate of drug-likeness (QED) is 0.575. The lowest BCUT2D eigenvalue weighted by Gasteiger charge is -2.19. The van der Waals surface area contributed by atoms with E-state index >= 15 is 0 Å². The first-order valence-electron chi connectivity index (χ1n) is 9.95. The highest BCUT2D eigenvalue weighted by Gasteiger charge is 2.32. The Kier molecular flexibility index (Phi) is 6.91. The minimum atomic E-state index is -3.36. The van der Waals surface area contributed by atoms with E-state index in [9.17, 15) is 8.42 Å². The molecular formula is C21H31N3O3S. The third kappa shape index (κ3) is 5.43. The fourth-order valence-corrected chi connectivity index (χ4v) is 5.24. The van der Waals surface area contributed by atoms with Crippen molar-refractivity contribution in [2.45, 2.75) is 51.0 Å². The number of ether oxygens (including phenoxy) is 1. The molecule has 0 bridgehead atoms. The highest BCUT2D eigenvalue weighted by molar-refractivity contribution is 7.91. The van der Waals surface area contributed by atoms with E-state index in [0.717, 1.165) is 31.5 Å². The number of sulfone groups is 1. The molecule has 1 aromatic carbocycles. The predicted octanol–water partition coefficient (Wildman–Crippen LogP) is 2.91. The summed E-state index contributed by atoms with van der Waals surface area (Å²) >= 11 is 0. The van der Waals surface area contributed by atoms with Crippen LogP contribution in [0.1, 0.15) is 36.6 Å². The summed E-state index contributed by atoms with van der Waals surface area (Å²) in [7, 11) is 0.306. The van der Waals surface area contributed by atoms with E-state index in [4.69, 9.17) is 4.74 Å². The first-order valence-corrected chi connectivity index (χ1v) is 11.6. The molecule has 0 N–H and O–H groups in total. The number of hydrogen-bond acceptors (Lipinski definition) is 5. The first-order chi connectivity index (χ1) is 13.4. The van der Waals surface area contributed by atoms with Crippen molar-refractivity contribution in [1.82, 2.24) is 14.5 Å². The number of aromatic nitrogens is 2. The van der Waals surface area contributed by atoms with E-state index in [1.54, 1.807) is 13.3 Å². The Morgan fingerprint density at radius 3 is 2.46 bits per heavy atom. The van der Waals surface area contributed by atoms with Gasteiger partial charge in [-0.3, -0.25) is 4.90 Å². The smallest absolute Gasteiger partial charge is 0.227 e. The van der Waals surface area contributed by atoms with Crippen molar-refractivity contribution < 1.29 is 13.2 Å². The highest BCUT2D eigenvalue weighted by atomic mass is 32.2. The van der Waals surface area contributed by atoms with Gasteiger partial charge >= 0.3 is 0 Å². The molecule has 1 aromatic heterocycles. The van der Waals surface area contributed by atoms with Crippen LogP contribution < -0.4 is 0 Å². The second kappa shape index (κ2) is 9.20. The fourth-order valence-electron chi connectivity index (χ4n) is 3.38. The molecule has 0 saturated heterocycles. The summed E-state index contributed by atoms with van der Waals surface area (Å²) < 4.78 is 32.6. The molecule has 6 nitrogen and oxygen atoms in total. The van der Waals surface area contributed by atoms with Crippen LogP contribution in [0.25, 0.3) is 0 Å². The summed E-state index contributed by atoms with van der Waals surface area (Å²) in [6.45, 7) is 4.52. The number of hydrogen-bond donors (Lipinski definition) is 0. The number of nitrogens with zero attached hydrogens (tertiary/aromatic N) is 3. The van der Waals surface area contributed by atoms with Gasteiger partial charge in [0.15, 0.2) is 0 Å². The second-order valence-corrected chi connectivity index (χ2v) is 9.67. The summed E-state index contributed by atoms with van der Waals surface area (Å²) in [5.41, 5.74) is 3.47. The molecule has 0 aliphatic heterocycles. The minimum absolute atomic E-state index is 0.187. The number of aryl methyl sites for hydroxylation is 1. The van der Waals surface area contributed by atoms with E-state index in [2.05, 4.69) is 41.1 Å². The Labute approximate surface area is 168 Å². The van der Waals surface area contributed by atoms with Gasteiger partial charge < -0.3 is 9.30 Å². The van der Waals surface area contributed by atoms with Crippen molar-refractivity contribution in [1.29, 1.82) is 0 Å². The van der Waals surface area contributed by atoms with Gasteiger partial charge in [-0.15, -0.1) is 0 Å². The Hall–Kier alpha value is -1.70. The molecule has 1 aliphatic rings. The Morgan fingerprint density at radius 2 is 1.86 bits per heavy atom. The van der Waals surface area contributed by atoms with Gasteiger partial charge in [-0.05, 0) is 43.4 Å². The fraction of sp³-hybridized carbons (Fsp3) is 0.571. The van der Waals surface area contributed by atoms with Gasteiger partial charge in [0, 0.05) is 26.7 Å². The Balaban J connectivity index is 1.74. The van der Waals surface area contributed by atoms with Gasteiger partial charge in [-0.25, -0.2) is 13.4 Å². The van der Waals surface area contributed by atoms with Crippen LogP contribution in [-0.2, 0) is 40.6 Å². The van der Waals surface area contributed by atoms with Gasteiger partial charge in [0.25, 0.3) is 0 Å². The van der Waals surface area contributed by atoms with Crippen LogP contribution in [-0.4, -0.2) is 49.4 Å². The molecule has 0 unspecified atom stereocenters. The van der Waals surface area contributed by atoms with Crippen LogP contribution >= 0.6 is 0 Å². The van der Waals surface area contributed by atoms with Crippen molar-refractivity contribution in [3.8, 4) is 0 Å². The van der Waals surface area contributed by atoms with Crippen molar-refractivity contribution in [2.24, 2.45) is 5.92 Å². The maximum atomic E-state index is 12.8.